The third-order valence-electron chi connectivity index (χ3n) is 3.23. The molecule has 18 heavy (non-hydrogen) atoms. The lowest BCUT2D eigenvalue weighted by molar-refractivity contribution is -0.144. The molecule has 1 aromatic rings. The van der Waals surface area contributed by atoms with E-state index < -0.39 is 33.1 Å². The molecule has 0 unspecified atom stereocenters. The van der Waals surface area contributed by atoms with Crippen molar-refractivity contribution in [3.8, 4) is 0 Å². The molecule has 1 fully saturated rings. The van der Waals surface area contributed by atoms with E-state index >= 15 is 0 Å². The largest absolute Gasteiger partial charge is 0.481 e. The number of sulfone groups is 1. The van der Waals surface area contributed by atoms with Gasteiger partial charge in [0.15, 0.2) is 9.84 Å². The Morgan fingerprint density at radius 3 is 2.33 bits per heavy atom. The van der Waals surface area contributed by atoms with Crippen molar-refractivity contribution in [2.24, 2.45) is 5.41 Å². The van der Waals surface area contributed by atoms with Gasteiger partial charge in [-0.25, -0.2) is 8.42 Å². The Kier molecular flexibility index (Phi) is 3.12. The van der Waals surface area contributed by atoms with Crippen molar-refractivity contribution >= 4 is 27.4 Å². The van der Waals surface area contributed by atoms with Crippen LogP contribution in [0.15, 0.2) is 29.2 Å². The zero-order valence-corrected chi connectivity index (χ0v) is 10.8. The van der Waals surface area contributed by atoms with Gasteiger partial charge in [-0.1, -0.05) is 11.6 Å². The Bertz CT molecular complexity index is 580. The Hall–Kier alpha value is -1.11. The molecule has 0 bridgehead atoms. The van der Waals surface area contributed by atoms with Gasteiger partial charge in [-0.05, 0) is 30.7 Å². The van der Waals surface area contributed by atoms with Gasteiger partial charge in [0.2, 0.25) is 0 Å². The highest BCUT2D eigenvalue weighted by atomic mass is 35.5. The summed E-state index contributed by atoms with van der Waals surface area (Å²) in [6.07, 6.45) is -0.0657. The van der Waals surface area contributed by atoms with Gasteiger partial charge in [-0.3, -0.25) is 4.79 Å². The van der Waals surface area contributed by atoms with Crippen molar-refractivity contribution in [1.29, 1.82) is 0 Å². The van der Waals surface area contributed by atoms with Crippen LogP contribution in [0.4, 0.5) is 0 Å². The van der Waals surface area contributed by atoms with E-state index in [-0.39, 0.29) is 11.3 Å². The van der Waals surface area contributed by atoms with E-state index in [1.165, 1.54) is 24.3 Å². The molecule has 0 radical (unpaired) electrons. The topological polar surface area (TPSA) is 91.7 Å². The Morgan fingerprint density at radius 2 is 1.94 bits per heavy atom. The number of benzene rings is 1. The highest BCUT2D eigenvalue weighted by Gasteiger charge is 2.66. The minimum Gasteiger partial charge on any atom is -0.481 e. The molecule has 2 atom stereocenters. The van der Waals surface area contributed by atoms with Crippen LogP contribution in [0, 0.1) is 5.41 Å². The summed E-state index contributed by atoms with van der Waals surface area (Å²) in [4.78, 5) is 11.0. The molecule has 0 spiro atoms. The maximum Gasteiger partial charge on any atom is 0.313 e. The smallest absolute Gasteiger partial charge is 0.313 e. The highest BCUT2D eigenvalue weighted by Crippen LogP contribution is 2.52. The second-order valence-corrected chi connectivity index (χ2v) is 6.88. The van der Waals surface area contributed by atoms with Gasteiger partial charge in [0.1, 0.15) is 5.41 Å². The number of aliphatic hydroxyl groups excluding tert-OH is 1. The zero-order valence-electron chi connectivity index (χ0n) is 9.21. The summed E-state index contributed by atoms with van der Waals surface area (Å²) >= 11 is 5.66. The van der Waals surface area contributed by atoms with Gasteiger partial charge in [-0.15, -0.1) is 0 Å². The summed E-state index contributed by atoms with van der Waals surface area (Å²) in [6.45, 7) is -0.681. The van der Waals surface area contributed by atoms with Crippen molar-refractivity contribution in [1.82, 2.24) is 0 Å². The Balaban J connectivity index is 2.35. The van der Waals surface area contributed by atoms with Gasteiger partial charge in [0.25, 0.3) is 0 Å². The lowest BCUT2D eigenvalue weighted by Crippen LogP contribution is -2.27. The third kappa shape index (κ3) is 1.90. The molecule has 1 aliphatic rings. The molecule has 0 aromatic heterocycles. The highest BCUT2D eigenvalue weighted by molar-refractivity contribution is 7.92. The predicted molar refractivity (Wildman–Crippen MR) is 64.2 cm³/mol. The molecule has 1 aromatic carbocycles. The van der Waals surface area contributed by atoms with Crippen molar-refractivity contribution in [2.45, 2.75) is 16.6 Å². The first-order chi connectivity index (χ1) is 8.34. The van der Waals surface area contributed by atoms with Crippen molar-refractivity contribution < 1.29 is 23.4 Å². The predicted octanol–water partition coefficient (Wildman–Crippen LogP) is 0.949. The van der Waals surface area contributed by atoms with E-state index in [2.05, 4.69) is 0 Å². The summed E-state index contributed by atoms with van der Waals surface area (Å²) in [5.41, 5.74) is -1.56. The number of carbonyl (C=O) groups is 1. The number of carboxylic acids is 1. The number of aliphatic carboxylic acids is 1. The van der Waals surface area contributed by atoms with Gasteiger partial charge in [0, 0.05) is 5.02 Å². The third-order valence-corrected chi connectivity index (χ3v) is 5.78. The molecule has 98 valence electrons. The molecule has 0 amide bonds. The molecule has 2 N–H and O–H groups in total. The van der Waals surface area contributed by atoms with E-state index in [1.54, 1.807) is 0 Å². The fraction of sp³-hybridized carbons (Fsp3) is 0.364. The lowest BCUT2D eigenvalue weighted by Gasteiger charge is -2.09. The minimum atomic E-state index is -3.75. The quantitative estimate of drug-likeness (QED) is 0.861. The minimum absolute atomic E-state index is 0.0217. The van der Waals surface area contributed by atoms with Crippen LogP contribution in [-0.2, 0) is 14.6 Å². The summed E-state index contributed by atoms with van der Waals surface area (Å²) in [7, 11) is -3.75. The summed E-state index contributed by atoms with van der Waals surface area (Å²) in [6, 6.07) is 5.52. The molecule has 0 aliphatic heterocycles. The number of halogens is 1. The molecule has 1 aliphatic carbocycles. The molecule has 0 saturated heterocycles. The van der Waals surface area contributed by atoms with Crippen LogP contribution in [0.3, 0.4) is 0 Å². The molecule has 2 rings (SSSR count). The summed E-state index contributed by atoms with van der Waals surface area (Å²) < 4.78 is 24.3. The molecule has 0 heterocycles. The Labute approximate surface area is 109 Å². The molecular weight excluding hydrogens is 280 g/mol. The normalized spacial score (nSPS) is 26.9. The van der Waals surface area contributed by atoms with Crippen LogP contribution < -0.4 is 0 Å². The number of carboxylic acid groups (broad SMARTS) is 1. The number of hydrogen-bond donors (Lipinski definition) is 2. The van der Waals surface area contributed by atoms with Crippen LogP contribution >= 0.6 is 11.6 Å². The molecule has 7 heteroatoms. The van der Waals surface area contributed by atoms with Crippen molar-refractivity contribution in [2.75, 3.05) is 6.61 Å². The second-order valence-electron chi connectivity index (χ2n) is 4.31. The summed E-state index contributed by atoms with van der Waals surface area (Å²) in [5, 5.41) is 17.4. The number of aliphatic hydroxyl groups is 1. The average molecular weight is 291 g/mol. The fourth-order valence-electron chi connectivity index (χ4n) is 1.93. The van der Waals surface area contributed by atoms with Gasteiger partial charge < -0.3 is 10.2 Å². The van der Waals surface area contributed by atoms with E-state index in [1.807, 2.05) is 0 Å². The molecule has 1 saturated carbocycles. The van der Waals surface area contributed by atoms with Crippen LogP contribution in [0.25, 0.3) is 0 Å². The van der Waals surface area contributed by atoms with E-state index in [9.17, 15) is 13.2 Å². The standard InChI is InChI=1S/C11H11ClO5S/c12-7-1-3-8(4-2-7)18(16,17)9-5-11(9,6-13)10(14)15/h1-4,9,13H,5-6H2,(H,14,15)/t9-,11+/m0/s1. The molecular formula is C11H11ClO5S. The average Bonchev–Trinajstić information content (AvgIpc) is 3.06. The van der Waals surface area contributed by atoms with Crippen LogP contribution in [0.5, 0.6) is 0 Å². The second kappa shape index (κ2) is 4.22. The fourth-order valence-corrected chi connectivity index (χ4v) is 4.18. The SMILES string of the molecule is O=C(O)[C@@]1(CO)C[C@@H]1S(=O)(=O)c1ccc(Cl)cc1. The zero-order chi connectivity index (χ0) is 13.6. The maximum absolute atomic E-state index is 12.2. The van der Waals surface area contributed by atoms with Gasteiger partial charge >= 0.3 is 5.97 Å². The number of hydrogen-bond acceptors (Lipinski definition) is 4. The van der Waals surface area contributed by atoms with E-state index in [0.29, 0.717) is 5.02 Å². The summed E-state index contributed by atoms with van der Waals surface area (Å²) in [5.74, 6) is -1.28. The van der Waals surface area contributed by atoms with Crippen LogP contribution in [0.2, 0.25) is 5.02 Å². The first-order valence-corrected chi connectivity index (χ1v) is 7.11. The lowest BCUT2D eigenvalue weighted by atomic mass is 10.1. The van der Waals surface area contributed by atoms with Crippen molar-refractivity contribution in [3.05, 3.63) is 29.3 Å². The maximum atomic E-state index is 12.2. The van der Waals surface area contributed by atoms with Crippen molar-refractivity contribution in [3.63, 3.8) is 0 Å². The van der Waals surface area contributed by atoms with Gasteiger partial charge in [0.05, 0.1) is 16.8 Å². The molecule has 5 nitrogen and oxygen atoms in total. The van der Waals surface area contributed by atoms with E-state index in [4.69, 9.17) is 21.8 Å². The first kappa shape index (κ1) is 13.3. The van der Waals surface area contributed by atoms with Gasteiger partial charge in [-0.2, -0.15) is 0 Å². The first-order valence-electron chi connectivity index (χ1n) is 5.18. The van der Waals surface area contributed by atoms with Crippen LogP contribution in [0.1, 0.15) is 6.42 Å². The van der Waals surface area contributed by atoms with E-state index in [0.717, 1.165) is 0 Å². The van der Waals surface area contributed by atoms with Crippen LogP contribution in [-0.4, -0.2) is 36.5 Å². The Morgan fingerprint density at radius 1 is 1.39 bits per heavy atom. The monoisotopic (exact) mass is 290 g/mol. The number of rotatable bonds is 4.